The molecule has 0 spiro atoms. The van der Waals surface area contributed by atoms with Gasteiger partial charge in [-0.05, 0) is 6.08 Å². The molecule has 2 heteroatoms. The van der Waals surface area contributed by atoms with Gasteiger partial charge in [-0.25, -0.2) is 0 Å². The maximum Gasteiger partial charge on any atom is 0.0947 e. The zero-order chi connectivity index (χ0) is 4.41. The van der Waals surface area contributed by atoms with Crippen molar-refractivity contribution in [2.45, 2.75) is 0 Å². The van der Waals surface area contributed by atoms with Gasteiger partial charge in [0.1, 0.15) is 0 Å². The van der Waals surface area contributed by atoms with Gasteiger partial charge in [-0.3, -0.25) is 9.90 Å². The van der Waals surface area contributed by atoms with Crippen molar-refractivity contribution in [3.05, 3.63) is 12.3 Å². The normalized spacial score (nSPS) is 19.8. The fourth-order valence-corrected chi connectivity index (χ4v) is 0.395. The lowest BCUT2D eigenvalue weighted by atomic mass is 10.7. The fraction of sp³-hybridized carbons (Fsp3) is 0.500. The van der Waals surface area contributed by atoms with Gasteiger partial charge in [0.15, 0.2) is 0 Å². The predicted molar refractivity (Wildman–Crippen MR) is 22.9 cm³/mol. The summed E-state index contributed by atoms with van der Waals surface area (Å²) in [4.78, 5) is 4.88. The third kappa shape index (κ3) is 0.518. The maximum atomic E-state index is 4.88. The molecule has 34 valence electrons. The molecule has 1 heterocycles. The first-order chi connectivity index (χ1) is 2.89. The van der Waals surface area contributed by atoms with Crippen LogP contribution >= 0.6 is 0 Å². The Morgan fingerprint density at radius 3 is 2.83 bits per heavy atom. The first-order valence-electron chi connectivity index (χ1n) is 1.92. The van der Waals surface area contributed by atoms with Gasteiger partial charge in [0.05, 0.1) is 6.61 Å². The zero-order valence-corrected chi connectivity index (χ0v) is 3.72. The minimum absolute atomic E-state index is 0.733. The van der Waals surface area contributed by atoms with Gasteiger partial charge in [-0.15, -0.1) is 0 Å². The highest BCUT2D eigenvalue weighted by atomic mass is 16.7. The van der Waals surface area contributed by atoms with E-state index in [1.54, 1.807) is 5.06 Å². The highest BCUT2D eigenvalue weighted by Gasteiger charge is 1.92. The summed E-state index contributed by atoms with van der Waals surface area (Å²) in [6.07, 6.45) is 3.85. The van der Waals surface area contributed by atoms with Crippen LogP contribution in [0.2, 0.25) is 0 Å². The Hall–Kier alpha value is -0.500. The van der Waals surface area contributed by atoms with E-state index in [0.29, 0.717) is 0 Å². The molecule has 0 aromatic rings. The molecular weight excluding hydrogens is 78.0 g/mol. The molecule has 0 amide bonds. The Balaban J connectivity index is 2.38. The highest BCUT2D eigenvalue weighted by molar-refractivity contribution is 4.81. The average Bonchev–Trinajstić information content (AvgIpc) is 1.86. The molecule has 0 bridgehead atoms. The van der Waals surface area contributed by atoms with E-state index in [9.17, 15) is 0 Å². The van der Waals surface area contributed by atoms with Crippen LogP contribution in [0, 0.1) is 0 Å². The van der Waals surface area contributed by atoms with Crippen LogP contribution in [0.3, 0.4) is 0 Å². The van der Waals surface area contributed by atoms with Crippen LogP contribution in [0.1, 0.15) is 0 Å². The predicted octanol–water partition coefficient (Wildman–Crippen LogP) is 0.377. The molecule has 0 radical (unpaired) electrons. The average molecular weight is 85.1 g/mol. The van der Waals surface area contributed by atoms with Gasteiger partial charge in [-0.2, -0.15) is 0 Å². The van der Waals surface area contributed by atoms with Crippen LogP contribution in [0.15, 0.2) is 12.3 Å². The highest BCUT2D eigenvalue weighted by Crippen LogP contribution is 1.93. The molecule has 0 atom stereocenters. The molecule has 0 aromatic heterocycles. The van der Waals surface area contributed by atoms with Crippen LogP contribution < -0.4 is 0 Å². The van der Waals surface area contributed by atoms with Crippen molar-refractivity contribution < 1.29 is 4.84 Å². The molecule has 0 saturated heterocycles. The van der Waals surface area contributed by atoms with Crippen molar-refractivity contribution in [3.8, 4) is 0 Å². The molecular formula is C4H7NO. The molecule has 0 aliphatic carbocycles. The minimum atomic E-state index is 0.733. The first kappa shape index (κ1) is 3.68. The van der Waals surface area contributed by atoms with Gasteiger partial charge in [0.25, 0.3) is 0 Å². The smallest absolute Gasteiger partial charge is 0.0947 e. The van der Waals surface area contributed by atoms with Gasteiger partial charge in [-0.1, -0.05) is 0 Å². The standard InChI is InChI=1S/C4H7NO/c1-5-3-2-4-6-5/h2-3H,4H2,1H3. The van der Waals surface area contributed by atoms with Crippen molar-refractivity contribution in [3.63, 3.8) is 0 Å². The topological polar surface area (TPSA) is 12.5 Å². The second kappa shape index (κ2) is 1.30. The lowest BCUT2D eigenvalue weighted by Crippen LogP contribution is -2.03. The Morgan fingerprint density at radius 1 is 1.83 bits per heavy atom. The summed E-state index contributed by atoms with van der Waals surface area (Å²) in [6, 6.07) is 0. The van der Waals surface area contributed by atoms with Gasteiger partial charge < -0.3 is 0 Å². The van der Waals surface area contributed by atoms with Crippen LogP contribution in [0.4, 0.5) is 0 Å². The summed E-state index contributed by atoms with van der Waals surface area (Å²) in [5, 5.41) is 1.68. The number of hydrogen-bond acceptors (Lipinski definition) is 2. The third-order valence-corrected chi connectivity index (χ3v) is 0.690. The van der Waals surface area contributed by atoms with E-state index in [1.165, 1.54) is 0 Å². The van der Waals surface area contributed by atoms with Crippen molar-refractivity contribution in [1.29, 1.82) is 0 Å². The van der Waals surface area contributed by atoms with Crippen molar-refractivity contribution in [2.75, 3.05) is 13.7 Å². The van der Waals surface area contributed by atoms with E-state index < -0.39 is 0 Å². The lowest BCUT2D eigenvalue weighted by Gasteiger charge is -2.02. The molecule has 1 aliphatic rings. The van der Waals surface area contributed by atoms with Crippen molar-refractivity contribution in [2.24, 2.45) is 0 Å². The second-order valence-electron chi connectivity index (χ2n) is 1.23. The second-order valence-corrected chi connectivity index (χ2v) is 1.23. The zero-order valence-electron chi connectivity index (χ0n) is 3.72. The van der Waals surface area contributed by atoms with E-state index in [1.807, 2.05) is 19.3 Å². The van der Waals surface area contributed by atoms with E-state index in [0.717, 1.165) is 6.61 Å². The van der Waals surface area contributed by atoms with Crippen molar-refractivity contribution in [1.82, 2.24) is 5.06 Å². The third-order valence-electron chi connectivity index (χ3n) is 0.690. The Morgan fingerprint density at radius 2 is 2.67 bits per heavy atom. The van der Waals surface area contributed by atoms with Gasteiger partial charge >= 0.3 is 0 Å². The van der Waals surface area contributed by atoms with E-state index in [-0.39, 0.29) is 0 Å². The van der Waals surface area contributed by atoms with Crippen LogP contribution in [-0.4, -0.2) is 18.7 Å². The molecule has 1 aliphatic heterocycles. The summed E-state index contributed by atoms with van der Waals surface area (Å²) in [5.74, 6) is 0. The Labute approximate surface area is 37.0 Å². The summed E-state index contributed by atoms with van der Waals surface area (Å²) < 4.78 is 0. The quantitative estimate of drug-likeness (QED) is 0.421. The number of rotatable bonds is 0. The number of nitrogens with zero attached hydrogens (tertiary/aromatic N) is 1. The largest absolute Gasteiger partial charge is 0.270 e. The number of hydrogen-bond donors (Lipinski definition) is 0. The Bertz CT molecular complexity index is 69.9. The molecule has 2 nitrogen and oxygen atoms in total. The summed E-state index contributed by atoms with van der Waals surface area (Å²) in [6.45, 7) is 0.733. The molecule has 0 N–H and O–H groups in total. The first-order valence-corrected chi connectivity index (χ1v) is 1.92. The van der Waals surface area contributed by atoms with Crippen LogP contribution in [0.25, 0.3) is 0 Å². The SMILES string of the molecule is CN1C=CCO1. The minimum Gasteiger partial charge on any atom is -0.270 e. The number of hydroxylamine groups is 2. The molecule has 0 aromatic carbocycles. The Kier molecular flexibility index (Phi) is 0.801. The van der Waals surface area contributed by atoms with Crippen molar-refractivity contribution >= 4 is 0 Å². The maximum absolute atomic E-state index is 4.88. The van der Waals surface area contributed by atoms with E-state index >= 15 is 0 Å². The van der Waals surface area contributed by atoms with Gasteiger partial charge in [0, 0.05) is 13.2 Å². The molecule has 0 unspecified atom stereocenters. The molecule has 0 saturated carbocycles. The summed E-state index contributed by atoms with van der Waals surface area (Å²) >= 11 is 0. The van der Waals surface area contributed by atoms with Gasteiger partial charge in [0.2, 0.25) is 0 Å². The molecule has 6 heavy (non-hydrogen) atoms. The van der Waals surface area contributed by atoms with Crippen LogP contribution in [-0.2, 0) is 4.84 Å². The van der Waals surface area contributed by atoms with E-state index in [2.05, 4.69) is 0 Å². The summed E-state index contributed by atoms with van der Waals surface area (Å²) in [5.41, 5.74) is 0. The monoisotopic (exact) mass is 85.1 g/mol. The fourth-order valence-electron chi connectivity index (χ4n) is 0.395. The molecule has 1 rings (SSSR count). The van der Waals surface area contributed by atoms with Crippen LogP contribution in [0.5, 0.6) is 0 Å². The molecule has 0 fully saturated rings. The lowest BCUT2D eigenvalue weighted by molar-refractivity contribution is -0.0672. The van der Waals surface area contributed by atoms with E-state index in [4.69, 9.17) is 4.84 Å². The summed E-state index contributed by atoms with van der Waals surface area (Å²) in [7, 11) is 1.86.